The van der Waals surface area contributed by atoms with Crippen LogP contribution in [0.25, 0.3) is 0 Å². The largest absolute Gasteiger partial charge is 0.0654 e. The Kier molecular flexibility index (Phi) is 5.45. The predicted molar refractivity (Wildman–Crippen MR) is 68.1 cm³/mol. The van der Waals surface area contributed by atoms with Crippen LogP contribution in [0.1, 0.15) is 56.2 Å². The van der Waals surface area contributed by atoms with Gasteiger partial charge in [0.2, 0.25) is 0 Å². The molecule has 0 aliphatic carbocycles. The van der Waals surface area contributed by atoms with Gasteiger partial charge in [-0.1, -0.05) is 44.9 Å². The van der Waals surface area contributed by atoms with Gasteiger partial charge < -0.3 is 0 Å². The van der Waals surface area contributed by atoms with E-state index in [0.717, 1.165) is 0 Å². The van der Waals surface area contributed by atoms with E-state index >= 15 is 0 Å². The Morgan fingerprint density at radius 3 is 1.73 bits per heavy atom. The molecule has 0 aliphatic heterocycles. The normalized spacial score (nSPS) is 10.6. The summed E-state index contributed by atoms with van der Waals surface area (Å²) in [7, 11) is 0. The Morgan fingerprint density at radius 1 is 0.867 bits per heavy atom. The molecule has 0 heterocycles. The van der Waals surface area contributed by atoms with Crippen molar-refractivity contribution in [2.24, 2.45) is 0 Å². The second-order valence-corrected chi connectivity index (χ2v) is 4.36. The van der Waals surface area contributed by atoms with Crippen LogP contribution < -0.4 is 0 Å². The first-order chi connectivity index (χ1) is 7.26. The molecule has 1 radical (unpaired) electrons. The lowest BCUT2D eigenvalue weighted by Crippen LogP contribution is -1.91. The van der Waals surface area contributed by atoms with Crippen molar-refractivity contribution in [2.75, 3.05) is 0 Å². The van der Waals surface area contributed by atoms with Gasteiger partial charge in [0, 0.05) is 0 Å². The lowest BCUT2D eigenvalue weighted by molar-refractivity contribution is 0.780. The summed E-state index contributed by atoms with van der Waals surface area (Å²) in [6.07, 6.45) is 7.53. The Morgan fingerprint density at radius 2 is 1.33 bits per heavy atom. The third-order valence-electron chi connectivity index (χ3n) is 2.75. The van der Waals surface area contributed by atoms with Gasteiger partial charge in [0.1, 0.15) is 0 Å². The Labute approximate surface area is 94.7 Å². The van der Waals surface area contributed by atoms with Crippen molar-refractivity contribution in [1.82, 2.24) is 0 Å². The van der Waals surface area contributed by atoms with Gasteiger partial charge in [0.15, 0.2) is 0 Å². The summed E-state index contributed by atoms with van der Waals surface area (Å²) in [5, 5.41) is 0. The van der Waals surface area contributed by atoms with Crippen molar-refractivity contribution in [2.45, 2.75) is 52.4 Å². The molecule has 0 atom stereocenters. The predicted octanol–water partition coefficient (Wildman–Crippen LogP) is 4.55. The summed E-state index contributed by atoms with van der Waals surface area (Å²) in [5.74, 6) is 0. The second kappa shape index (κ2) is 6.66. The summed E-state index contributed by atoms with van der Waals surface area (Å²) in [4.78, 5) is 0. The zero-order valence-corrected chi connectivity index (χ0v) is 10.2. The summed E-state index contributed by atoms with van der Waals surface area (Å²) in [6.45, 7) is 8.54. The lowest BCUT2D eigenvalue weighted by Gasteiger charge is -2.06. The van der Waals surface area contributed by atoms with Gasteiger partial charge in [0.25, 0.3) is 0 Å². The highest BCUT2D eigenvalue weighted by atomic mass is 14.0. The van der Waals surface area contributed by atoms with Crippen LogP contribution in [0.3, 0.4) is 0 Å². The zero-order valence-electron chi connectivity index (χ0n) is 10.2. The molecule has 0 spiro atoms. The molecule has 0 saturated heterocycles. The average Bonchev–Trinajstić information content (AvgIpc) is 2.23. The molecule has 0 N–H and O–H groups in total. The summed E-state index contributed by atoms with van der Waals surface area (Å²) < 4.78 is 0. The number of benzene rings is 1. The monoisotopic (exact) mass is 203 g/mol. The zero-order chi connectivity index (χ0) is 11.1. The fourth-order valence-electron chi connectivity index (χ4n) is 1.89. The molecule has 0 heteroatoms. The maximum Gasteiger partial charge on any atom is -0.0238 e. The van der Waals surface area contributed by atoms with Gasteiger partial charge in [-0.2, -0.15) is 0 Å². The minimum Gasteiger partial charge on any atom is -0.0654 e. The summed E-state index contributed by atoms with van der Waals surface area (Å²) >= 11 is 0. The molecule has 0 bridgehead atoms. The summed E-state index contributed by atoms with van der Waals surface area (Å²) in [5.41, 5.74) is 4.11. The minimum atomic E-state index is 1.18. The van der Waals surface area contributed by atoms with Crippen LogP contribution in [0.5, 0.6) is 0 Å². The van der Waals surface area contributed by atoms with Gasteiger partial charge in [-0.25, -0.2) is 0 Å². The van der Waals surface area contributed by atoms with Gasteiger partial charge in [-0.05, 0) is 49.3 Å². The third-order valence-corrected chi connectivity index (χ3v) is 2.75. The van der Waals surface area contributed by atoms with E-state index in [1.807, 2.05) is 0 Å². The first-order valence-electron chi connectivity index (χ1n) is 6.21. The highest BCUT2D eigenvalue weighted by molar-refractivity contribution is 5.32. The van der Waals surface area contributed by atoms with Gasteiger partial charge in [0.05, 0.1) is 0 Å². The standard InChI is InChI=1S/C15H23/c1-4-6-8-14-10-13(3)11-15(12-14)9-7-5-2/h10-12H,3-9H2,1-2H3. The molecule has 0 amide bonds. The SMILES string of the molecule is [CH2]c1cc(CCCC)cc(CCCC)c1. The van der Waals surface area contributed by atoms with Crippen LogP contribution >= 0.6 is 0 Å². The smallest absolute Gasteiger partial charge is 0.0238 e. The number of hydrogen-bond donors (Lipinski definition) is 0. The van der Waals surface area contributed by atoms with Crippen LogP contribution in [0, 0.1) is 6.92 Å². The van der Waals surface area contributed by atoms with Gasteiger partial charge >= 0.3 is 0 Å². The van der Waals surface area contributed by atoms with Gasteiger partial charge in [-0.3, -0.25) is 0 Å². The molecule has 1 rings (SSSR count). The van der Waals surface area contributed by atoms with Crippen molar-refractivity contribution in [3.8, 4) is 0 Å². The fraction of sp³-hybridized carbons (Fsp3) is 0.533. The maximum absolute atomic E-state index is 4.06. The highest BCUT2D eigenvalue weighted by Gasteiger charge is 1.98. The van der Waals surface area contributed by atoms with E-state index in [1.54, 1.807) is 0 Å². The molecule has 15 heavy (non-hydrogen) atoms. The average molecular weight is 203 g/mol. The molecular formula is C15H23. The van der Waals surface area contributed by atoms with E-state index in [1.165, 1.54) is 55.2 Å². The lowest BCUT2D eigenvalue weighted by atomic mass is 9.99. The van der Waals surface area contributed by atoms with Crippen LogP contribution in [0.15, 0.2) is 18.2 Å². The quantitative estimate of drug-likeness (QED) is 0.636. The van der Waals surface area contributed by atoms with Crippen molar-refractivity contribution in [3.63, 3.8) is 0 Å². The van der Waals surface area contributed by atoms with E-state index in [0.29, 0.717) is 0 Å². The van der Waals surface area contributed by atoms with Crippen molar-refractivity contribution in [3.05, 3.63) is 41.8 Å². The molecule has 0 aliphatic rings. The van der Waals surface area contributed by atoms with E-state index in [2.05, 4.69) is 39.0 Å². The maximum atomic E-state index is 4.06. The second-order valence-electron chi connectivity index (χ2n) is 4.36. The fourth-order valence-corrected chi connectivity index (χ4v) is 1.89. The topological polar surface area (TPSA) is 0 Å². The van der Waals surface area contributed by atoms with Crippen molar-refractivity contribution < 1.29 is 0 Å². The van der Waals surface area contributed by atoms with Crippen LogP contribution in [-0.2, 0) is 12.8 Å². The molecule has 0 aromatic heterocycles. The van der Waals surface area contributed by atoms with E-state index in [9.17, 15) is 0 Å². The minimum absolute atomic E-state index is 1.18. The molecule has 0 nitrogen and oxygen atoms in total. The number of hydrogen-bond acceptors (Lipinski definition) is 0. The van der Waals surface area contributed by atoms with Crippen molar-refractivity contribution >= 4 is 0 Å². The Hall–Kier alpha value is -0.780. The molecule has 1 aromatic carbocycles. The van der Waals surface area contributed by atoms with Crippen LogP contribution in [0.2, 0.25) is 0 Å². The number of rotatable bonds is 6. The van der Waals surface area contributed by atoms with Crippen LogP contribution in [0.4, 0.5) is 0 Å². The van der Waals surface area contributed by atoms with Crippen LogP contribution in [-0.4, -0.2) is 0 Å². The van der Waals surface area contributed by atoms with E-state index in [-0.39, 0.29) is 0 Å². The number of aryl methyl sites for hydroxylation is 2. The van der Waals surface area contributed by atoms with Crippen molar-refractivity contribution in [1.29, 1.82) is 0 Å². The molecule has 0 fully saturated rings. The summed E-state index contributed by atoms with van der Waals surface area (Å²) in [6, 6.07) is 6.82. The molecule has 0 unspecified atom stereocenters. The first kappa shape index (κ1) is 12.3. The molecule has 1 aromatic rings. The van der Waals surface area contributed by atoms with E-state index in [4.69, 9.17) is 0 Å². The highest BCUT2D eigenvalue weighted by Crippen LogP contribution is 2.14. The third kappa shape index (κ3) is 4.51. The van der Waals surface area contributed by atoms with E-state index < -0.39 is 0 Å². The Balaban J connectivity index is 2.66. The molecule has 0 saturated carbocycles. The molecule has 83 valence electrons. The number of unbranched alkanes of at least 4 members (excludes halogenated alkanes) is 2. The Bertz CT molecular complexity index is 260. The molecular weight excluding hydrogens is 180 g/mol. The first-order valence-corrected chi connectivity index (χ1v) is 6.21. The van der Waals surface area contributed by atoms with Gasteiger partial charge in [-0.15, -0.1) is 0 Å².